The van der Waals surface area contributed by atoms with Crippen LogP contribution in [0, 0.1) is 5.92 Å². The van der Waals surface area contributed by atoms with Gasteiger partial charge in [0.1, 0.15) is 0 Å². The van der Waals surface area contributed by atoms with Crippen LogP contribution in [-0.4, -0.2) is 0 Å². The normalized spacial score (nSPS) is 15.2. The van der Waals surface area contributed by atoms with E-state index in [9.17, 15) is 0 Å². The summed E-state index contributed by atoms with van der Waals surface area (Å²) in [5.41, 5.74) is 1.28. The summed E-state index contributed by atoms with van der Waals surface area (Å²) >= 11 is 0. The molecule has 16 heavy (non-hydrogen) atoms. The highest BCUT2D eigenvalue weighted by molar-refractivity contribution is 5.56. The summed E-state index contributed by atoms with van der Waals surface area (Å²) in [4.78, 5) is 0. The SMILES string of the molecule is CCCCCC(C)C1=c2ccccc2=C[N]1. The van der Waals surface area contributed by atoms with Crippen LogP contribution in [-0.2, 0) is 0 Å². The second-order valence-corrected chi connectivity index (χ2v) is 4.63. The Bertz CT molecular complexity index is 459. The van der Waals surface area contributed by atoms with Crippen LogP contribution in [0.5, 0.6) is 0 Å². The van der Waals surface area contributed by atoms with Crippen LogP contribution < -0.4 is 15.8 Å². The first-order valence-corrected chi connectivity index (χ1v) is 6.33. The maximum absolute atomic E-state index is 4.57. The number of hydrogen-bond donors (Lipinski definition) is 0. The van der Waals surface area contributed by atoms with Crippen molar-refractivity contribution in [2.24, 2.45) is 5.92 Å². The Kier molecular flexibility index (Phi) is 3.66. The minimum atomic E-state index is 0.589. The fraction of sp³-hybridized carbons (Fsp3) is 0.467. The zero-order valence-corrected chi connectivity index (χ0v) is 10.2. The number of benzene rings is 1. The van der Waals surface area contributed by atoms with Crippen LogP contribution in [0.3, 0.4) is 0 Å². The first-order chi connectivity index (χ1) is 7.83. The maximum Gasteiger partial charge on any atom is 0.0510 e. The lowest BCUT2D eigenvalue weighted by Crippen LogP contribution is -2.24. The molecule has 0 saturated carbocycles. The van der Waals surface area contributed by atoms with Crippen LogP contribution in [0.2, 0.25) is 0 Å². The summed E-state index contributed by atoms with van der Waals surface area (Å²) in [6.45, 7) is 4.55. The summed E-state index contributed by atoms with van der Waals surface area (Å²) in [5.74, 6) is 0.589. The van der Waals surface area contributed by atoms with Crippen molar-refractivity contribution in [3.8, 4) is 0 Å². The van der Waals surface area contributed by atoms with Crippen LogP contribution in [0.15, 0.2) is 24.3 Å². The third-order valence-corrected chi connectivity index (χ3v) is 3.29. The molecule has 0 bridgehead atoms. The van der Waals surface area contributed by atoms with Crippen molar-refractivity contribution in [2.45, 2.75) is 39.5 Å². The average Bonchev–Trinajstić information content (AvgIpc) is 2.73. The quantitative estimate of drug-likeness (QED) is 0.668. The van der Waals surface area contributed by atoms with E-state index in [2.05, 4.69) is 43.4 Å². The van der Waals surface area contributed by atoms with E-state index in [1.165, 1.54) is 41.8 Å². The van der Waals surface area contributed by atoms with E-state index in [0.717, 1.165) is 0 Å². The van der Waals surface area contributed by atoms with Crippen LogP contribution >= 0.6 is 0 Å². The molecule has 1 heteroatoms. The van der Waals surface area contributed by atoms with Crippen molar-refractivity contribution in [1.82, 2.24) is 5.32 Å². The van der Waals surface area contributed by atoms with Gasteiger partial charge >= 0.3 is 0 Å². The topological polar surface area (TPSA) is 14.1 Å². The lowest BCUT2D eigenvalue weighted by Gasteiger charge is -2.11. The summed E-state index contributed by atoms with van der Waals surface area (Å²) in [5, 5.41) is 7.19. The fourth-order valence-electron chi connectivity index (χ4n) is 2.28. The third kappa shape index (κ3) is 2.29. The first kappa shape index (κ1) is 11.3. The van der Waals surface area contributed by atoms with E-state index >= 15 is 0 Å². The summed E-state index contributed by atoms with van der Waals surface area (Å²) in [6.07, 6.45) is 7.21. The molecule has 1 aliphatic heterocycles. The Hall–Kier alpha value is -1.24. The Labute approximate surface area is 97.9 Å². The molecule has 1 unspecified atom stereocenters. The minimum Gasteiger partial charge on any atom is -0.260 e. The molecule has 1 heterocycles. The van der Waals surface area contributed by atoms with Crippen LogP contribution in [0.25, 0.3) is 11.9 Å². The highest BCUT2D eigenvalue weighted by Crippen LogP contribution is 2.17. The van der Waals surface area contributed by atoms with Gasteiger partial charge in [0.2, 0.25) is 0 Å². The highest BCUT2D eigenvalue weighted by Gasteiger charge is 2.13. The molecule has 0 amide bonds. The van der Waals surface area contributed by atoms with E-state index in [1.54, 1.807) is 0 Å². The van der Waals surface area contributed by atoms with E-state index < -0.39 is 0 Å². The Morgan fingerprint density at radius 3 is 2.81 bits per heavy atom. The van der Waals surface area contributed by atoms with Crippen LogP contribution in [0.1, 0.15) is 39.5 Å². The number of rotatable bonds is 5. The van der Waals surface area contributed by atoms with Gasteiger partial charge in [0.15, 0.2) is 0 Å². The molecule has 1 aromatic rings. The van der Waals surface area contributed by atoms with Crippen molar-refractivity contribution in [3.05, 3.63) is 34.7 Å². The standard InChI is InChI=1S/C15H20N/c1-3-4-5-8-12(2)15-14-10-7-6-9-13(14)11-16-15/h6-7,9-12H,3-5,8H2,1-2H3. The Balaban J connectivity index is 2.15. The third-order valence-electron chi connectivity index (χ3n) is 3.29. The molecule has 2 rings (SSSR count). The molecule has 1 aromatic carbocycles. The van der Waals surface area contributed by atoms with Gasteiger partial charge in [-0.2, -0.15) is 0 Å². The number of hydrogen-bond acceptors (Lipinski definition) is 0. The van der Waals surface area contributed by atoms with Gasteiger partial charge in [0.25, 0.3) is 0 Å². The van der Waals surface area contributed by atoms with Gasteiger partial charge in [0.05, 0.1) is 5.70 Å². The molecule has 0 aromatic heterocycles. The van der Waals surface area contributed by atoms with E-state index in [-0.39, 0.29) is 0 Å². The predicted octanol–water partition coefficient (Wildman–Crippen LogP) is 2.37. The molecule has 85 valence electrons. The van der Waals surface area contributed by atoms with Gasteiger partial charge in [-0.25, -0.2) is 0 Å². The molecular formula is C15H20N. The maximum atomic E-state index is 4.57. The van der Waals surface area contributed by atoms with Gasteiger partial charge in [-0.15, -0.1) is 0 Å². The molecule has 0 fully saturated rings. The molecule has 1 nitrogen and oxygen atoms in total. The molecule has 1 aliphatic rings. The largest absolute Gasteiger partial charge is 0.260 e. The second kappa shape index (κ2) is 5.20. The highest BCUT2D eigenvalue weighted by atomic mass is 14.9. The van der Waals surface area contributed by atoms with E-state index in [4.69, 9.17) is 0 Å². The van der Waals surface area contributed by atoms with E-state index in [0.29, 0.717) is 5.92 Å². The zero-order valence-electron chi connectivity index (χ0n) is 10.2. The van der Waals surface area contributed by atoms with Crippen LogP contribution in [0.4, 0.5) is 0 Å². The van der Waals surface area contributed by atoms with E-state index in [1.807, 2.05) is 6.20 Å². The Morgan fingerprint density at radius 2 is 2.00 bits per heavy atom. The Morgan fingerprint density at radius 1 is 1.19 bits per heavy atom. The zero-order chi connectivity index (χ0) is 11.4. The minimum absolute atomic E-state index is 0.589. The van der Waals surface area contributed by atoms with Gasteiger partial charge in [-0.1, -0.05) is 57.4 Å². The summed E-state index contributed by atoms with van der Waals surface area (Å²) in [7, 11) is 0. The van der Waals surface area contributed by atoms with Gasteiger partial charge < -0.3 is 0 Å². The monoisotopic (exact) mass is 214 g/mol. The molecule has 1 radical (unpaired) electrons. The molecule has 0 N–H and O–H groups in total. The van der Waals surface area contributed by atoms with Crippen molar-refractivity contribution < 1.29 is 0 Å². The summed E-state index contributed by atoms with van der Waals surface area (Å²) in [6, 6.07) is 8.51. The second-order valence-electron chi connectivity index (χ2n) is 4.63. The van der Waals surface area contributed by atoms with Crippen molar-refractivity contribution in [1.29, 1.82) is 0 Å². The van der Waals surface area contributed by atoms with Crippen molar-refractivity contribution in [2.75, 3.05) is 0 Å². The molecule has 1 atom stereocenters. The van der Waals surface area contributed by atoms with Crippen molar-refractivity contribution in [3.63, 3.8) is 0 Å². The van der Waals surface area contributed by atoms with Crippen molar-refractivity contribution >= 4 is 11.9 Å². The first-order valence-electron chi connectivity index (χ1n) is 6.33. The molecule has 0 spiro atoms. The summed E-state index contributed by atoms with van der Waals surface area (Å²) < 4.78 is 0. The van der Waals surface area contributed by atoms with Gasteiger partial charge in [-0.3, -0.25) is 5.32 Å². The smallest absolute Gasteiger partial charge is 0.0510 e. The number of nitrogens with zero attached hydrogens (tertiary/aromatic N) is 1. The van der Waals surface area contributed by atoms with Gasteiger partial charge in [-0.05, 0) is 12.3 Å². The lowest BCUT2D eigenvalue weighted by atomic mass is 9.98. The fourth-order valence-corrected chi connectivity index (χ4v) is 2.28. The molecule has 0 aliphatic carbocycles. The lowest BCUT2D eigenvalue weighted by molar-refractivity contribution is 0.575. The molecular weight excluding hydrogens is 194 g/mol. The average molecular weight is 214 g/mol. The number of unbranched alkanes of at least 4 members (excludes halogenated alkanes) is 2. The number of fused-ring (bicyclic) bond motifs is 1. The molecule has 0 saturated heterocycles. The van der Waals surface area contributed by atoms with Gasteiger partial charge in [0, 0.05) is 16.6 Å². The predicted molar refractivity (Wildman–Crippen MR) is 69.0 cm³/mol.